The molecule has 7 heteroatoms. The van der Waals surface area contributed by atoms with E-state index in [-0.39, 0.29) is 4.90 Å². The Labute approximate surface area is 155 Å². The van der Waals surface area contributed by atoms with Crippen LogP contribution >= 0.6 is 0 Å². The van der Waals surface area contributed by atoms with Gasteiger partial charge in [-0.15, -0.1) is 0 Å². The summed E-state index contributed by atoms with van der Waals surface area (Å²) in [4.78, 5) is 0.247. The van der Waals surface area contributed by atoms with Crippen molar-refractivity contribution in [2.45, 2.75) is 51.0 Å². The van der Waals surface area contributed by atoms with Gasteiger partial charge in [-0.3, -0.25) is 4.68 Å². The summed E-state index contributed by atoms with van der Waals surface area (Å²) in [6.45, 7) is 5.61. The highest BCUT2D eigenvalue weighted by Gasteiger charge is 2.17. The molecule has 0 saturated heterocycles. The Morgan fingerprint density at radius 3 is 2.65 bits per heavy atom. The molecule has 0 fully saturated rings. The van der Waals surface area contributed by atoms with Crippen molar-refractivity contribution in [3.63, 3.8) is 0 Å². The highest BCUT2D eigenvalue weighted by atomic mass is 32.2. The molecule has 0 radical (unpaired) electrons. The van der Waals surface area contributed by atoms with Gasteiger partial charge in [0.05, 0.1) is 24.2 Å². The second-order valence-corrected chi connectivity index (χ2v) is 8.89. The van der Waals surface area contributed by atoms with Crippen LogP contribution in [-0.2, 0) is 29.4 Å². The lowest BCUT2D eigenvalue weighted by Crippen LogP contribution is -2.28. The van der Waals surface area contributed by atoms with E-state index in [0.717, 1.165) is 12.8 Å². The molecule has 26 heavy (non-hydrogen) atoms. The summed E-state index contributed by atoms with van der Waals surface area (Å²) in [5.41, 5.74) is 2.55. The van der Waals surface area contributed by atoms with Gasteiger partial charge in [0.25, 0.3) is 0 Å². The van der Waals surface area contributed by atoms with Crippen LogP contribution in [0.5, 0.6) is 5.75 Å². The Morgan fingerprint density at radius 1 is 1.19 bits per heavy atom. The number of sulfonamides is 1. The Bertz CT molecular complexity index is 826. The monoisotopic (exact) mass is 377 g/mol. The number of hydrogen-bond donors (Lipinski definition) is 1. The Hall–Kier alpha value is -1.86. The van der Waals surface area contributed by atoms with Crippen LogP contribution in [0.1, 0.15) is 37.9 Å². The fourth-order valence-electron chi connectivity index (χ4n) is 3.10. The smallest absolute Gasteiger partial charge is 0.240 e. The van der Waals surface area contributed by atoms with Crippen LogP contribution < -0.4 is 9.46 Å². The third-order valence-corrected chi connectivity index (χ3v) is 5.95. The minimum Gasteiger partial charge on any atom is -0.493 e. The van der Waals surface area contributed by atoms with E-state index in [1.807, 2.05) is 10.9 Å². The van der Waals surface area contributed by atoms with Crippen LogP contribution in [0.25, 0.3) is 0 Å². The predicted molar refractivity (Wildman–Crippen MR) is 101 cm³/mol. The number of rotatable bonds is 8. The number of nitrogens with zero attached hydrogens (tertiary/aromatic N) is 2. The summed E-state index contributed by atoms with van der Waals surface area (Å²) in [5, 5.41) is 4.40. The quantitative estimate of drug-likeness (QED) is 0.768. The maximum absolute atomic E-state index is 12.4. The molecule has 1 aromatic carbocycles. The lowest BCUT2D eigenvalue weighted by molar-refractivity contribution is 0.271. The molecule has 6 nitrogen and oxygen atoms in total. The standard InChI is InChI=1S/C19H27N3O3S/c1-15(2)14-25-17-7-9-18(10-8-17)26(23,24)21-11-12-22-19-6-4-3-5-16(19)13-20-22/h7-10,13,15,21H,3-6,11-12,14H2,1-2H3. The molecule has 1 heterocycles. The van der Waals surface area contributed by atoms with E-state index in [4.69, 9.17) is 4.74 Å². The Kier molecular flexibility index (Phi) is 5.98. The molecule has 0 spiro atoms. The van der Waals surface area contributed by atoms with Crippen LogP contribution in [0.3, 0.4) is 0 Å². The summed E-state index contributed by atoms with van der Waals surface area (Å²) >= 11 is 0. The number of fused-ring (bicyclic) bond motifs is 1. The van der Waals surface area contributed by atoms with Crippen molar-refractivity contribution < 1.29 is 13.2 Å². The highest BCUT2D eigenvalue weighted by Crippen LogP contribution is 2.20. The van der Waals surface area contributed by atoms with E-state index >= 15 is 0 Å². The number of aromatic nitrogens is 2. The van der Waals surface area contributed by atoms with E-state index < -0.39 is 10.0 Å². The predicted octanol–water partition coefficient (Wildman–Crippen LogP) is 2.78. The topological polar surface area (TPSA) is 73.2 Å². The van der Waals surface area contributed by atoms with Crippen molar-refractivity contribution in [3.05, 3.63) is 41.7 Å². The van der Waals surface area contributed by atoms with Crippen molar-refractivity contribution in [2.24, 2.45) is 5.92 Å². The second-order valence-electron chi connectivity index (χ2n) is 7.12. The first kappa shape index (κ1) is 18.9. The summed E-state index contributed by atoms with van der Waals surface area (Å²) in [6.07, 6.45) is 6.41. The molecule has 0 bridgehead atoms. The van der Waals surface area contributed by atoms with Crippen LogP contribution in [0.4, 0.5) is 0 Å². The zero-order chi connectivity index (χ0) is 18.6. The maximum atomic E-state index is 12.4. The SMILES string of the molecule is CC(C)COc1ccc(S(=O)(=O)NCCn2ncc3c2CCCC3)cc1. The fraction of sp³-hybridized carbons (Fsp3) is 0.526. The summed E-state index contributed by atoms with van der Waals surface area (Å²) < 4.78 is 35.1. The molecule has 0 aliphatic heterocycles. The van der Waals surface area contributed by atoms with Crippen LogP contribution in [0.2, 0.25) is 0 Å². The van der Waals surface area contributed by atoms with E-state index in [1.54, 1.807) is 24.3 Å². The van der Waals surface area contributed by atoms with Crippen LogP contribution in [0.15, 0.2) is 35.4 Å². The molecule has 1 N–H and O–H groups in total. The fourth-order valence-corrected chi connectivity index (χ4v) is 4.12. The van der Waals surface area contributed by atoms with Crippen molar-refractivity contribution in [1.82, 2.24) is 14.5 Å². The number of ether oxygens (including phenoxy) is 1. The first-order valence-electron chi connectivity index (χ1n) is 9.22. The largest absolute Gasteiger partial charge is 0.493 e. The molecule has 1 aliphatic rings. The molecule has 1 aromatic heterocycles. The van der Waals surface area contributed by atoms with Gasteiger partial charge in [0.15, 0.2) is 0 Å². The average molecular weight is 378 g/mol. The maximum Gasteiger partial charge on any atom is 0.240 e. The van der Waals surface area contributed by atoms with Gasteiger partial charge < -0.3 is 4.74 Å². The second kappa shape index (κ2) is 8.22. The third kappa shape index (κ3) is 4.65. The molecule has 0 atom stereocenters. The normalized spacial score (nSPS) is 14.4. The molecule has 0 unspecified atom stereocenters. The third-order valence-electron chi connectivity index (χ3n) is 4.48. The van der Waals surface area contributed by atoms with Gasteiger partial charge in [0.2, 0.25) is 10.0 Å². The Morgan fingerprint density at radius 2 is 1.92 bits per heavy atom. The van der Waals surface area contributed by atoms with Gasteiger partial charge in [0.1, 0.15) is 5.75 Å². The molecule has 2 aromatic rings. The van der Waals surface area contributed by atoms with E-state index in [0.29, 0.717) is 31.4 Å². The average Bonchev–Trinajstić information content (AvgIpc) is 3.03. The molecular formula is C19H27N3O3S. The van der Waals surface area contributed by atoms with Gasteiger partial charge in [-0.2, -0.15) is 5.10 Å². The van der Waals surface area contributed by atoms with Gasteiger partial charge in [-0.05, 0) is 61.4 Å². The lowest BCUT2D eigenvalue weighted by atomic mass is 9.98. The number of nitrogens with one attached hydrogen (secondary N) is 1. The minimum atomic E-state index is -3.53. The number of aryl methyl sites for hydroxylation is 1. The van der Waals surface area contributed by atoms with Crippen LogP contribution in [-0.4, -0.2) is 31.3 Å². The van der Waals surface area contributed by atoms with E-state index in [2.05, 4.69) is 23.7 Å². The van der Waals surface area contributed by atoms with Crippen molar-refractivity contribution in [3.8, 4) is 5.75 Å². The molecule has 0 amide bonds. The molecule has 3 rings (SSSR count). The first-order valence-corrected chi connectivity index (χ1v) is 10.7. The highest BCUT2D eigenvalue weighted by molar-refractivity contribution is 7.89. The molecule has 1 aliphatic carbocycles. The van der Waals surface area contributed by atoms with Crippen molar-refractivity contribution in [2.75, 3.05) is 13.2 Å². The minimum absolute atomic E-state index is 0.247. The lowest BCUT2D eigenvalue weighted by Gasteiger charge is -2.14. The van der Waals surface area contributed by atoms with Crippen molar-refractivity contribution in [1.29, 1.82) is 0 Å². The Balaban J connectivity index is 1.56. The summed E-state index contributed by atoms with van der Waals surface area (Å²) in [7, 11) is -3.53. The zero-order valence-electron chi connectivity index (χ0n) is 15.4. The molecule has 0 saturated carbocycles. The van der Waals surface area contributed by atoms with Gasteiger partial charge in [0, 0.05) is 12.2 Å². The van der Waals surface area contributed by atoms with Crippen molar-refractivity contribution >= 4 is 10.0 Å². The van der Waals surface area contributed by atoms with E-state index in [9.17, 15) is 8.42 Å². The number of hydrogen-bond acceptors (Lipinski definition) is 4. The molecule has 142 valence electrons. The summed E-state index contributed by atoms with van der Waals surface area (Å²) in [6, 6.07) is 6.54. The summed E-state index contributed by atoms with van der Waals surface area (Å²) in [5.74, 6) is 1.11. The van der Waals surface area contributed by atoms with Gasteiger partial charge in [-0.1, -0.05) is 13.8 Å². The first-order chi connectivity index (χ1) is 12.5. The zero-order valence-corrected chi connectivity index (χ0v) is 16.3. The van der Waals surface area contributed by atoms with Crippen LogP contribution in [0, 0.1) is 5.92 Å². The molecular weight excluding hydrogens is 350 g/mol. The number of benzene rings is 1. The van der Waals surface area contributed by atoms with Gasteiger partial charge in [-0.25, -0.2) is 13.1 Å². The van der Waals surface area contributed by atoms with Gasteiger partial charge >= 0.3 is 0 Å². The van der Waals surface area contributed by atoms with E-state index in [1.165, 1.54) is 24.1 Å².